The maximum atomic E-state index is 13.8. The first-order valence-corrected chi connectivity index (χ1v) is 7.36. The number of aliphatic hydroxyl groups is 2. The summed E-state index contributed by atoms with van der Waals surface area (Å²) in [5.74, 6) is -3.69. The first-order chi connectivity index (χ1) is 11.5. The molecule has 0 spiro atoms. The van der Waals surface area contributed by atoms with Gasteiger partial charge in [-0.25, -0.2) is 18.4 Å². The SMILES string of the molecule is COC(=O)c1c(F)cc(C(O)C(O)CNC(=O)OC(C)(C)C)cc1F. The summed E-state index contributed by atoms with van der Waals surface area (Å²) >= 11 is 0. The normalized spacial score (nSPS) is 13.8. The predicted molar refractivity (Wildman–Crippen MR) is 82.9 cm³/mol. The Balaban J connectivity index is 2.81. The molecule has 0 aromatic heterocycles. The highest BCUT2D eigenvalue weighted by Gasteiger charge is 2.25. The van der Waals surface area contributed by atoms with Gasteiger partial charge in [-0.1, -0.05) is 0 Å². The number of alkyl carbamates (subject to hydrolysis) is 1. The number of esters is 1. The molecule has 1 aromatic carbocycles. The molecule has 9 heteroatoms. The van der Waals surface area contributed by atoms with Gasteiger partial charge in [0.25, 0.3) is 0 Å². The van der Waals surface area contributed by atoms with Crippen LogP contribution in [-0.4, -0.2) is 47.6 Å². The van der Waals surface area contributed by atoms with Gasteiger partial charge in [0.05, 0.1) is 7.11 Å². The van der Waals surface area contributed by atoms with E-state index in [1.807, 2.05) is 0 Å². The number of amides is 1. The van der Waals surface area contributed by atoms with Crippen molar-refractivity contribution >= 4 is 12.1 Å². The van der Waals surface area contributed by atoms with Crippen LogP contribution in [-0.2, 0) is 9.47 Å². The molecule has 2 unspecified atom stereocenters. The summed E-state index contributed by atoms with van der Waals surface area (Å²) < 4.78 is 36.9. The zero-order valence-corrected chi connectivity index (χ0v) is 14.3. The lowest BCUT2D eigenvalue weighted by atomic mass is 10.0. The molecule has 0 bridgehead atoms. The average Bonchev–Trinajstić information content (AvgIpc) is 2.49. The third-order valence-electron chi connectivity index (χ3n) is 3.01. The standard InChI is InChI=1S/C16H21F2NO6/c1-16(2,3)25-15(23)19-7-11(20)13(21)8-5-9(17)12(10(18)6-8)14(22)24-4/h5-6,11,13,20-21H,7H2,1-4H3,(H,19,23). The Morgan fingerprint density at radius 3 is 2.16 bits per heavy atom. The molecule has 3 N–H and O–H groups in total. The topological polar surface area (TPSA) is 105 Å². The number of rotatable bonds is 5. The lowest BCUT2D eigenvalue weighted by Gasteiger charge is -2.22. The number of benzene rings is 1. The van der Waals surface area contributed by atoms with Gasteiger partial charge in [0.2, 0.25) is 0 Å². The van der Waals surface area contributed by atoms with Crippen LogP contribution in [0.4, 0.5) is 13.6 Å². The molecule has 0 saturated carbocycles. The summed E-state index contributed by atoms with van der Waals surface area (Å²) in [5.41, 5.74) is -1.95. The second kappa shape index (κ2) is 8.21. The molecule has 140 valence electrons. The maximum Gasteiger partial charge on any atom is 0.407 e. The number of hydrogen-bond donors (Lipinski definition) is 3. The van der Waals surface area contributed by atoms with Gasteiger partial charge in [0, 0.05) is 6.54 Å². The van der Waals surface area contributed by atoms with Gasteiger partial charge < -0.3 is 25.0 Å². The monoisotopic (exact) mass is 361 g/mol. The Hall–Kier alpha value is -2.26. The van der Waals surface area contributed by atoms with Gasteiger partial charge in [0.1, 0.15) is 35.0 Å². The van der Waals surface area contributed by atoms with Crippen LogP contribution >= 0.6 is 0 Å². The molecular formula is C16H21F2NO6. The minimum absolute atomic E-state index is 0.304. The van der Waals surface area contributed by atoms with Gasteiger partial charge >= 0.3 is 12.1 Å². The minimum atomic E-state index is -1.70. The maximum absolute atomic E-state index is 13.8. The van der Waals surface area contributed by atoms with Crippen LogP contribution < -0.4 is 5.32 Å². The Labute approximate surface area is 143 Å². The quantitative estimate of drug-likeness (QED) is 0.689. The number of carbonyl (C=O) groups excluding carboxylic acids is 2. The second-order valence-corrected chi connectivity index (χ2v) is 6.25. The smallest absolute Gasteiger partial charge is 0.407 e. The predicted octanol–water partition coefficient (Wildman–Crippen LogP) is 1.67. The Kier molecular flexibility index (Phi) is 6.83. The molecule has 25 heavy (non-hydrogen) atoms. The van der Waals surface area contributed by atoms with Gasteiger partial charge in [-0.3, -0.25) is 0 Å². The molecule has 0 fully saturated rings. The number of carbonyl (C=O) groups is 2. The van der Waals surface area contributed by atoms with Crippen LogP contribution in [0.15, 0.2) is 12.1 Å². The Morgan fingerprint density at radius 2 is 1.72 bits per heavy atom. The van der Waals surface area contributed by atoms with Crippen molar-refractivity contribution in [2.75, 3.05) is 13.7 Å². The first kappa shape index (κ1) is 20.8. The molecule has 1 amide bonds. The van der Waals surface area contributed by atoms with E-state index >= 15 is 0 Å². The van der Waals surface area contributed by atoms with E-state index in [-0.39, 0.29) is 5.56 Å². The van der Waals surface area contributed by atoms with Crippen molar-refractivity contribution < 1.29 is 38.1 Å². The van der Waals surface area contributed by atoms with Crippen molar-refractivity contribution in [1.82, 2.24) is 5.32 Å². The van der Waals surface area contributed by atoms with Crippen LogP contribution in [0.25, 0.3) is 0 Å². The molecule has 0 aliphatic carbocycles. The first-order valence-electron chi connectivity index (χ1n) is 7.36. The fraction of sp³-hybridized carbons (Fsp3) is 0.500. The van der Waals surface area contributed by atoms with Crippen molar-refractivity contribution in [3.05, 3.63) is 34.9 Å². The van der Waals surface area contributed by atoms with E-state index in [1.54, 1.807) is 20.8 Å². The fourth-order valence-corrected chi connectivity index (χ4v) is 1.90. The van der Waals surface area contributed by atoms with Crippen molar-refractivity contribution in [2.45, 2.75) is 38.6 Å². The number of halogens is 2. The van der Waals surface area contributed by atoms with Crippen molar-refractivity contribution in [1.29, 1.82) is 0 Å². The number of aliphatic hydroxyl groups excluding tert-OH is 2. The van der Waals surface area contributed by atoms with E-state index in [2.05, 4.69) is 10.1 Å². The van der Waals surface area contributed by atoms with Crippen molar-refractivity contribution in [3.63, 3.8) is 0 Å². The highest BCUT2D eigenvalue weighted by atomic mass is 19.1. The van der Waals surface area contributed by atoms with Gasteiger partial charge in [0.15, 0.2) is 0 Å². The van der Waals surface area contributed by atoms with Crippen molar-refractivity contribution in [3.8, 4) is 0 Å². The molecule has 1 rings (SSSR count). The van der Waals surface area contributed by atoms with E-state index in [9.17, 15) is 28.6 Å². The lowest BCUT2D eigenvalue weighted by Crippen LogP contribution is -2.38. The van der Waals surface area contributed by atoms with Crippen LogP contribution in [0, 0.1) is 11.6 Å². The summed E-state index contributed by atoms with van der Waals surface area (Å²) in [4.78, 5) is 22.8. The third-order valence-corrected chi connectivity index (χ3v) is 3.01. The summed E-state index contributed by atoms with van der Waals surface area (Å²) in [5, 5.41) is 22.1. The number of ether oxygens (including phenoxy) is 2. The zero-order chi connectivity index (χ0) is 19.4. The van der Waals surface area contributed by atoms with E-state index < -0.39 is 53.6 Å². The lowest BCUT2D eigenvalue weighted by molar-refractivity contribution is 0.0126. The summed E-state index contributed by atoms with van der Waals surface area (Å²) in [6.07, 6.45) is -4.09. The molecule has 0 aliphatic heterocycles. The van der Waals surface area contributed by atoms with Crippen LogP contribution in [0.1, 0.15) is 42.8 Å². The van der Waals surface area contributed by atoms with Crippen molar-refractivity contribution in [2.24, 2.45) is 0 Å². The molecule has 2 atom stereocenters. The Bertz CT molecular complexity index is 621. The van der Waals surface area contributed by atoms with E-state index in [1.165, 1.54) is 0 Å². The molecular weight excluding hydrogens is 340 g/mol. The highest BCUT2D eigenvalue weighted by molar-refractivity contribution is 5.90. The van der Waals surface area contributed by atoms with Gasteiger partial charge in [-0.05, 0) is 38.5 Å². The second-order valence-electron chi connectivity index (χ2n) is 6.25. The summed E-state index contributed by atoms with van der Waals surface area (Å²) in [7, 11) is 0.968. The molecule has 7 nitrogen and oxygen atoms in total. The number of methoxy groups -OCH3 is 1. The van der Waals surface area contributed by atoms with Gasteiger partial charge in [-0.15, -0.1) is 0 Å². The minimum Gasteiger partial charge on any atom is -0.465 e. The highest BCUT2D eigenvalue weighted by Crippen LogP contribution is 2.23. The van der Waals surface area contributed by atoms with Crippen LogP contribution in [0.3, 0.4) is 0 Å². The van der Waals surface area contributed by atoms with E-state index in [0.29, 0.717) is 12.1 Å². The van der Waals surface area contributed by atoms with E-state index in [4.69, 9.17) is 4.74 Å². The van der Waals surface area contributed by atoms with Crippen LogP contribution in [0.2, 0.25) is 0 Å². The summed E-state index contributed by atoms with van der Waals surface area (Å²) in [6, 6.07) is 1.41. The van der Waals surface area contributed by atoms with Crippen LogP contribution in [0.5, 0.6) is 0 Å². The summed E-state index contributed by atoms with van der Waals surface area (Å²) in [6.45, 7) is 4.52. The van der Waals surface area contributed by atoms with E-state index in [0.717, 1.165) is 7.11 Å². The number of nitrogens with one attached hydrogen (secondary N) is 1. The number of hydrogen-bond acceptors (Lipinski definition) is 6. The zero-order valence-electron chi connectivity index (χ0n) is 14.3. The average molecular weight is 361 g/mol. The van der Waals surface area contributed by atoms with Gasteiger partial charge in [-0.2, -0.15) is 0 Å². The largest absolute Gasteiger partial charge is 0.465 e. The molecule has 0 radical (unpaired) electrons. The Morgan fingerprint density at radius 1 is 1.20 bits per heavy atom. The molecule has 0 saturated heterocycles. The molecule has 1 aromatic rings. The fourth-order valence-electron chi connectivity index (χ4n) is 1.90. The molecule has 0 heterocycles. The molecule has 0 aliphatic rings. The third kappa shape index (κ3) is 5.95.